The molecule has 0 N–H and O–H groups in total. The zero-order valence-electron chi connectivity index (χ0n) is 20.9. The number of rotatable bonds is 6. The van der Waals surface area contributed by atoms with Crippen molar-refractivity contribution in [3.05, 3.63) is 115 Å². The summed E-state index contributed by atoms with van der Waals surface area (Å²) >= 11 is 0. The van der Waals surface area contributed by atoms with Gasteiger partial charge < -0.3 is 13.7 Å². The summed E-state index contributed by atoms with van der Waals surface area (Å²) in [6.45, 7) is 3.46. The lowest BCUT2D eigenvalue weighted by molar-refractivity contribution is -0.384. The van der Waals surface area contributed by atoms with Crippen molar-refractivity contribution in [1.29, 1.82) is 0 Å². The summed E-state index contributed by atoms with van der Waals surface area (Å²) in [7, 11) is 0. The summed E-state index contributed by atoms with van der Waals surface area (Å²) in [6.07, 6.45) is 3.04. The molecule has 12 nitrogen and oxygen atoms in total. The van der Waals surface area contributed by atoms with Gasteiger partial charge in [0.2, 0.25) is 0 Å². The van der Waals surface area contributed by atoms with Gasteiger partial charge in [-0.05, 0) is 55.8 Å². The maximum absolute atomic E-state index is 13.6. The van der Waals surface area contributed by atoms with Gasteiger partial charge in [-0.15, -0.1) is 0 Å². The molecule has 0 spiro atoms. The van der Waals surface area contributed by atoms with Crippen LogP contribution < -0.4 is 11.0 Å². The van der Waals surface area contributed by atoms with Gasteiger partial charge >= 0.3 is 5.97 Å². The fourth-order valence-corrected chi connectivity index (χ4v) is 4.16. The fourth-order valence-electron chi connectivity index (χ4n) is 4.16. The Kier molecular flexibility index (Phi) is 6.59. The fraction of sp³-hybridized carbons (Fsp3) is 0.148. The predicted octanol–water partition coefficient (Wildman–Crippen LogP) is 3.42. The maximum atomic E-state index is 13.6. The summed E-state index contributed by atoms with van der Waals surface area (Å²) in [5, 5.41) is 11.1. The molecule has 5 rings (SSSR count). The smallest absolute Gasteiger partial charge is 0.341 e. The number of non-ortho nitro benzene ring substituents is 1. The van der Waals surface area contributed by atoms with Gasteiger partial charge in [0.05, 0.1) is 29.7 Å². The van der Waals surface area contributed by atoms with Crippen molar-refractivity contribution in [2.75, 3.05) is 6.61 Å². The van der Waals surface area contributed by atoms with Crippen molar-refractivity contribution >= 4 is 34.2 Å². The number of pyridine rings is 2. The number of hydrogen-bond acceptors (Lipinski definition) is 8. The van der Waals surface area contributed by atoms with Gasteiger partial charge in [0, 0.05) is 23.9 Å². The summed E-state index contributed by atoms with van der Waals surface area (Å²) in [6, 6.07) is 13.1. The van der Waals surface area contributed by atoms with Crippen LogP contribution in [0.4, 0.5) is 5.69 Å². The van der Waals surface area contributed by atoms with Crippen LogP contribution in [0.15, 0.2) is 81.3 Å². The maximum Gasteiger partial charge on any atom is 0.341 e. The van der Waals surface area contributed by atoms with Gasteiger partial charge in [-0.3, -0.25) is 24.1 Å². The van der Waals surface area contributed by atoms with Gasteiger partial charge in [0.25, 0.3) is 17.2 Å². The molecule has 0 fully saturated rings. The Morgan fingerprint density at radius 2 is 1.90 bits per heavy atom. The van der Waals surface area contributed by atoms with Crippen molar-refractivity contribution in [3.8, 4) is 0 Å². The van der Waals surface area contributed by atoms with Crippen LogP contribution in [0, 0.1) is 17.0 Å². The summed E-state index contributed by atoms with van der Waals surface area (Å²) in [5.74, 6) is -1.11. The lowest BCUT2D eigenvalue weighted by Crippen LogP contribution is -2.33. The molecule has 1 amide bonds. The van der Waals surface area contributed by atoms with E-state index in [1.165, 1.54) is 45.6 Å². The van der Waals surface area contributed by atoms with E-state index in [-0.39, 0.29) is 46.5 Å². The number of fused-ring (bicyclic) bond motifs is 2. The molecule has 0 atom stereocenters. The molecule has 196 valence electrons. The third-order valence-electron chi connectivity index (χ3n) is 6.03. The number of carbonyl (C=O) groups excluding carboxylic acids is 2. The molecule has 0 radical (unpaired) electrons. The largest absolute Gasteiger partial charge is 0.467 e. The Balaban J connectivity index is 1.87. The molecule has 0 saturated carbocycles. The van der Waals surface area contributed by atoms with E-state index in [4.69, 9.17) is 14.1 Å². The molecule has 1 aromatic carbocycles. The number of nitro benzene ring substituents is 1. The number of amides is 1. The third-order valence-corrected chi connectivity index (χ3v) is 6.03. The molecule has 39 heavy (non-hydrogen) atoms. The molecule has 5 aromatic rings. The molecule has 0 unspecified atom stereocenters. The quantitative estimate of drug-likeness (QED) is 0.141. The van der Waals surface area contributed by atoms with Gasteiger partial charge in [0.15, 0.2) is 5.49 Å². The molecule has 0 aliphatic rings. The van der Waals surface area contributed by atoms with Crippen molar-refractivity contribution < 1.29 is 23.7 Å². The minimum Gasteiger partial charge on any atom is -0.467 e. The van der Waals surface area contributed by atoms with Crippen LogP contribution >= 0.6 is 0 Å². The van der Waals surface area contributed by atoms with Crippen LogP contribution in [-0.4, -0.2) is 37.4 Å². The highest BCUT2D eigenvalue weighted by Crippen LogP contribution is 2.16. The highest BCUT2D eigenvalue weighted by molar-refractivity contribution is 5.97. The number of nitrogens with zero attached hydrogens (tertiary/aromatic N) is 5. The average molecular weight is 527 g/mol. The number of aromatic nitrogens is 3. The number of hydrogen-bond donors (Lipinski definition) is 0. The Hall–Kier alpha value is -5.39. The minimum absolute atomic E-state index is 0.0163. The first-order valence-corrected chi connectivity index (χ1v) is 11.9. The number of ether oxygens (including phenoxy) is 1. The lowest BCUT2D eigenvalue weighted by atomic mass is 10.1. The highest BCUT2D eigenvalue weighted by atomic mass is 16.6. The lowest BCUT2D eigenvalue weighted by Gasteiger charge is -2.15. The second-order valence-electron chi connectivity index (χ2n) is 8.53. The Bertz CT molecular complexity index is 1890. The van der Waals surface area contributed by atoms with Crippen LogP contribution in [0.5, 0.6) is 0 Å². The van der Waals surface area contributed by atoms with Crippen LogP contribution in [0.1, 0.15) is 39.0 Å². The number of nitro groups is 1. The minimum atomic E-state index is -0.795. The molecule has 0 bridgehead atoms. The molecule has 4 aromatic heterocycles. The molecule has 12 heteroatoms. The highest BCUT2D eigenvalue weighted by Gasteiger charge is 2.21. The zero-order chi connectivity index (χ0) is 27.7. The zero-order valence-corrected chi connectivity index (χ0v) is 20.9. The third kappa shape index (κ3) is 4.70. The monoisotopic (exact) mass is 527 g/mol. The van der Waals surface area contributed by atoms with Crippen LogP contribution in [-0.2, 0) is 11.3 Å². The van der Waals surface area contributed by atoms with Crippen LogP contribution in [0.3, 0.4) is 0 Å². The van der Waals surface area contributed by atoms with Crippen molar-refractivity contribution in [1.82, 2.24) is 14.0 Å². The Morgan fingerprint density at radius 1 is 1.13 bits per heavy atom. The number of furan rings is 1. The standard InChI is InChI=1S/C27H21N5O7/c1-3-38-27(35)21-14-20-23(28-22-16(2)6-4-12-30(22)26(20)34)31(15-19-7-5-13-39-19)24(21)29-25(33)17-8-10-18(11-9-17)32(36)37/h4-14H,3,15H2,1-2H3. The van der Waals surface area contributed by atoms with E-state index in [2.05, 4.69) is 4.99 Å². The van der Waals surface area contributed by atoms with Gasteiger partial charge in [-0.1, -0.05) is 6.07 Å². The molecule has 0 aliphatic heterocycles. The number of aryl methyl sites for hydroxylation is 1. The molecular weight excluding hydrogens is 506 g/mol. The van der Waals surface area contributed by atoms with Gasteiger partial charge in [0.1, 0.15) is 22.6 Å². The molecule has 0 saturated heterocycles. The second-order valence-corrected chi connectivity index (χ2v) is 8.53. The van der Waals surface area contributed by atoms with Crippen molar-refractivity contribution in [2.24, 2.45) is 4.99 Å². The van der Waals surface area contributed by atoms with Crippen LogP contribution in [0.2, 0.25) is 0 Å². The van der Waals surface area contributed by atoms with E-state index in [0.29, 0.717) is 11.4 Å². The molecular formula is C27H21N5O7. The first-order valence-electron chi connectivity index (χ1n) is 11.9. The topological polar surface area (TPSA) is 151 Å². The predicted molar refractivity (Wildman–Crippen MR) is 138 cm³/mol. The average Bonchev–Trinajstić information content (AvgIpc) is 3.44. The molecule has 4 heterocycles. The Labute approximate surface area is 219 Å². The Morgan fingerprint density at radius 3 is 2.56 bits per heavy atom. The van der Waals surface area contributed by atoms with E-state index in [0.717, 1.165) is 5.56 Å². The van der Waals surface area contributed by atoms with Gasteiger partial charge in [-0.25, -0.2) is 9.78 Å². The number of carbonyl (C=O) groups is 2. The van der Waals surface area contributed by atoms with Gasteiger partial charge in [-0.2, -0.15) is 4.99 Å². The second kappa shape index (κ2) is 10.2. The number of esters is 1. The van der Waals surface area contributed by atoms with Crippen molar-refractivity contribution in [3.63, 3.8) is 0 Å². The van der Waals surface area contributed by atoms with Crippen LogP contribution in [0.25, 0.3) is 16.7 Å². The van der Waals surface area contributed by atoms with E-state index < -0.39 is 22.4 Å². The van der Waals surface area contributed by atoms with Crippen molar-refractivity contribution in [2.45, 2.75) is 20.4 Å². The SMILES string of the molecule is CCOC(=O)c1cc2c(=O)n3cccc(C)c3nc2n(Cc2ccco2)c1=NC(=O)c1ccc([N+](=O)[O-])cc1. The summed E-state index contributed by atoms with van der Waals surface area (Å²) in [4.78, 5) is 59.3. The normalized spacial score (nSPS) is 11.7. The molecule has 0 aliphatic carbocycles. The first kappa shape index (κ1) is 25.3. The van der Waals surface area contributed by atoms with E-state index in [9.17, 15) is 24.5 Å². The summed E-state index contributed by atoms with van der Waals surface area (Å²) in [5.41, 5.74) is 0.505. The van der Waals surface area contributed by atoms with E-state index in [1.807, 2.05) is 0 Å². The van der Waals surface area contributed by atoms with E-state index in [1.54, 1.807) is 44.3 Å². The first-order chi connectivity index (χ1) is 18.8. The van der Waals surface area contributed by atoms with E-state index >= 15 is 0 Å². The summed E-state index contributed by atoms with van der Waals surface area (Å²) < 4.78 is 13.6. The number of benzene rings is 1.